The number of ether oxygens (including phenoxy) is 7. The molecule has 4 heterocycles. The van der Waals surface area contributed by atoms with E-state index >= 15 is 0 Å². The minimum Gasteiger partial charge on any atom is -0.479 e. The molecule has 64 heavy (non-hydrogen) atoms. The van der Waals surface area contributed by atoms with E-state index in [1.807, 2.05) is 0 Å². The van der Waals surface area contributed by atoms with Crippen LogP contribution in [0.3, 0.4) is 0 Å². The second-order valence-corrected chi connectivity index (χ2v) is 15.6. The Kier molecular flexibility index (Phi) is 17.8. The molecule has 362 valence electrons. The summed E-state index contributed by atoms with van der Waals surface area (Å²) in [5.41, 5.74) is 0. The summed E-state index contributed by atoms with van der Waals surface area (Å²) in [4.78, 5) is 99.8. The Morgan fingerprint density at radius 1 is 0.453 bits per heavy atom. The fourth-order valence-electron chi connectivity index (χ4n) is 7.93. The SMILES string of the molecule is CC(=O)N[C@@H]1[C@H](O[C@H]2[C@@H](O)[C@@H](C)OC(O)[C@@H]2NC(C)=O)O[C@H](C(=O)O)[C@@H](O[C@H]2O[C@H](CO)[C@@H](O[C@@H]3O[C@H](C(=O)O)[C@@H](O)[C@H](NC(C)=O)[C@@H]3NC(C)=O)[C@H](O)[C@H]2NC(C)=O)[C@@H]1NC(C)=O. The predicted molar refractivity (Wildman–Crippen MR) is 203 cm³/mol. The first-order valence-electron chi connectivity index (χ1n) is 19.9. The number of carboxylic acids is 2. The molecule has 0 radical (unpaired) electrons. The lowest BCUT2D eigenvalue weighted by atomic mass is 9.91. The van der Waals surface area contributed by atoms with E-state index in [4.69, 9.17) is 33.2 Å². The summed E-state index contributed by atoms with van der Waals surface area (Å²) in [6.07, 6.45) is -25.9. The van der Waals surface area contributed by atoms with Crippen molar-refractivity contribution in [2.24, 2.45) is 0 Å². The minimum atomic E-state index is -2.22. The van der Waals surface area contributed by atoms with Crippen molar-refractivity contribution in [3.63, 3.8) is 0 Å². The zero-order valence-corrected chi connectivity index (χ0v) is 35.5. The van der Waals surface area contributed by atoms with E-state index < -0.39 is 176 Å². The van der Waals surface area contributed by atoms with Gasteiger partial charge in [-0.1, -0.05) is 0 Å². The number of carbonyl (C=O) groups excluding carboxylic acids is 6. The van der Waals surface area contributed by atoms with Gasteiger partial charge >= 0.3 is 11.9 Å². The summed E-state index contributed by atoms with van der Waals surface area (Å²) in [7, 11) is 0. The zero-order valence-electron chi connectivity index (χ0n) is 35.5. The molecule has 0 spiro atoms. The number of aliphatic hydroxyl groups is 5. The lowest BCUT2D eigenvalue weighted by Crippen LogP contribution is -2.74. The normalized spacial score (nSPS) is 39.9. The van der Waals surface area contributed by atoms with Crippen LogP contribution in [-0.4, -0.2) is 212 Å². The van der Waals surface area contributed by atoms with Gasteiger partial charge in [0.1, 0.15) is 66.9 Å². The maximum absolute atomic E-state index is 13.0. The van der Waals surface area contributed by atoms with E-state index in [-0.39, 0.29) is 0 Å². The smallest absolute Gasteiger partial charge is 0.335 e. The van der Waals surface area contributed by atoms with Crippen LogP contribution in [0.15, 0.2) is 0 Å². The van der Waals surface area contributed by atoms with E-state index in [0.717, 1.165) is 41.5 Å². The van der Waals surface area contributed by atoms with Crippen LogP contribution in [0, 0.1) is 0 Å². The first-order chi connectivity index (χ1) is 29.9. The van der Waals surface area contributed by atoms with Gasteiger partial charge in [-0.15, -0.1) is 0 Å². The number of aliphatic hydroxyl groups excluding tert-OH is 5. The summed E-state index contributed by atoms with van der Waals surface area (Å²) in [5, 5.41) is 89.9. The van der Waals surface area contributed by atoms with E-state index in [9.17, 15) is 74.1 Å². The molecule has 0 aliphatic carbocycles. The number of hydrogen-bond acceptors (Lipinski definition) is 20. The highest BCUT2D eigenvalue weighted by molar-refractivity contribution is 5.78. The molecule has 4 aliphatic heterocycles. The van der Waals surface area contributed by atoms with Crippen molar-refractivity contribution in [2.45, 2.75) is 171 Å². The van der Waals surface area contributed by atoms with Crippen molar-refractivity contribution in [3.8, 4) is 0 Å². The number of aliphatic carboxylic acids is 2. The molecule has 6 amide bonds. The quantitative estimate of drug-likeness (QED) is 0.0725. The molecular formula is C36H56N6O22. The maximum Gasteiger partial charge on any atom is 0.335 e. The van der Waals surface area contributed by atoms with Gasteiger partial charge in [0, 0.05) is 41.5 Å². The van der Waals surface area contributed by atoms with Crippen LogP contribution in [-0.2, 0) is 71.5 Å². The Labute approximate surface area is 363 Å². The Morgan fingerprint density at radius 3 is 1.33 bits per heavy atom. The number of nitrogens with one attached hydrogen (secondary N) is 6. The summed E-state index contributed by atoms with van der Waals surface area (Å²) in [6.45, 7) is 6.54. The summed E-state index contributed by atoms with van der Waals surface area (Å²) >= 11 is 0. The van der Waals surface area contributed by atoms with Crippen molar-refractivity contribution in [3.05, 3.63) is 0 Å². The van der Waals surface area contributed by atoms with Gasteiger partial charge in [0.15, 0.2) is 37.4 Å². The number of carbonyl (C=O) groups is 8. The minimum absolute atomic E-state index is 0.701. The molecule has 20 atom stereocenters. The van der Waals surface area contributed by atoms with Crippen LogP contribution in [0.25, 0.3) is 0 Å². The molecule has 4 aliphatic rings. The van der Waals surface area contributed by atoms with E-state index in [1.54, 1.807) is 0 Å². The topological polar surface area (TPSA) is 415 Å². The van der Waals surface area contributed by atoms with Crippen molar-refractivity contribution < 1.29 is 107 Å². The summed E-state index contributed by atoms with van der Waals surface area (Å²) in [5.74, 6) is -8.25. The standard InChI is InChI=1S/C36H56N6O22/c1-9-23(50)27(22(33(57)58-9)42-15(7)49)61-35-20(40-13(5)47)18(38-11(3)45)28(30(64-35)32(55)56)62-36-21(41-14(6)48)25(52)26(16(8-43)59-36)60-34-19(39-12(4)46)17(37-10(2)44)24(51)29(63-34)31(53)54/h9,16-30,33-36,43,50-52,57H,8H2,1-7H3,(H,37,44)(H,38,45)(H,39,46)(H,40,47)(H,41,48)(H,42,49)(H,53,54)(H,55,56)/t9-,16-,17-,18-,19+,20+,21-,22-,23+,24+,25-,26-,27-,28+,29+,30+,33?,34-,35-,36-/m1/s1. The molecule has 0 saturated carbocycles. The molecule has 4 fully saturated rings. The lowest BCUT2D eigenvalue weighted by Gasteiger charge is -2.51. The van der Waals surface area contributed by atoms with Gasteiger partial charge in [-0.3, -0.25) is 28.8 Å². The van der Waals surface area contributed by atoms with Crippen LogP contribution < -0.4 is 31.9 Å². The monoisotopic (exact) mass is 924 g/mol. The lowest BCUT2D eigenvalue weighted by molar-refractivity contribution is -0.345. The molecular weight excluding hydrogens is 868 g/mol. The van der Waals surface area contributed by atoms with Crippen LogP contribution in [0.2, 0.25) is 0 Å². The van der Waals surface area contributed by atoms with Gasteiger partial charge in [-0.05, 0) is 6.92 Å². The first kappa shape index (κ1) is 51.9. The van der Waals surface area contributed by atoms with Gasteiger partial charge in [0.05, 0.1) is 24.8 Å². The third-order valence-corrected chi connectivity index (χ3v) is 10.5. The van der Waals surface area contributed by atoms with Gasteiger partial charge in [-0.2, -0.15) is 0 Å². The third-order valence-electron chi connectivity index (χ3n) is 10.5. The number of hydrogen-bond donors (Lipinski definition) is 13. The molecule has 28 nitrogen and oxygen atoms in total. The third kappa shape index (κ3) is 12.3. The van der Waals surface area contributed by atoms with Crippen LogP contribution in [0.1, 0.15) is 48.5 Å². The molecule has 4 rings (SSSR count). The summed E-state index contributed by atoms with van der Waals surface area (Å²) in [6, 6.07) is -9.77. The summed E-state index contributed by atoms with van der Waals surface area (Å²) < 4.78 is 40.8. The highest BCUT2D eigenvalue weighted by Gasteiger charge is 2.58. The van der Waals surface area contributed by atoms with Crippen molar-refractivity contribution in [2.75, 3.05) is 6.61 Å². The van der Waals surface area contributed by atoms with Gasteiger partial charge in [-0.25, -0.2) is 9.59 Å². The van der Waals surface area contributed by atoms with Crippen LogP contribution in [0.4, 0.5) is 0 Å². The fourth-order valence-corrected chi connectivity index (χ4v) is 7.93. The van der Waals surface area contributed by atoms with Gasteiger partial charge in [0.2, 0.25) is 35.4 Å². The highest BCUT2D eigenvalue weighted by atomic mass is 16.8. The Hall–Kier alpha value is -4.72. The molecule has 0 bridgehead atoms. The second-order valence-electron chi connectivity index (χ2n) is 15.6. The van der Waals surface area contributed by atoms with E-state index in [1.165, 1.54) is 6.92 Å². The molecule has 0 aromatic heterocycles. The molecule has 0 aromatic carbocycles. The van der Waals surface area contributed by atoms with E-state index in [2.05, 4.69) is 31.9 Å². The molecule has 28 heteroatoms. The molecule has 1 unspecified atom stereocenters. The van der Waals surface area contributed by atoms with Crippen LogP contribution >= 0.6 is 0 Å². The van der Waals surface area contributed by atoms with E-state index in [0.29, 0.717) is 0 Å². The average Bonchev–Trinajstić information content (AvgIpc) is 3.17. The maximum atomic E-state index is 13.0. The Morgan fingerprint density at radius 2 is 0.844 bits per heavy atom. The van der Waals surface area contributed by atoms with Crippen molar-refractivity contribution >= 4 is 47.4 Å². The van der Waals surface area contributed by atoms with Crippen molar-refractivity contribution in [1.82, 2.24) is 31.9 Å². The molecule has 4 saturated heterocycles. The predicted octanol–water partition coefficient (Wildman–Crippen LogP) is -7.67. The number of carboxylic acid groups (broad SMARTS) is 2. The molecule has 0 aromatic rings. The zero-order chi connectivity index (χ0) is 48.1. The second kappa shape index (κ2) is 22.0. The van der Waals surface area contributed by atoms with Crippen molar-refractivity contribution in [1.29, 1.82) is 0 Å². The largest absolute Gasteiger partial charge is 0.479 e. The first-order valence-corrected chi connectivity index (χ1v) is 19.9. The van der Waals surface area contributed by atoms with Gasteiger partial charge in [0.25, 0.3) is 0 Å². The van der Waals surface area contributed by atoms with Gasteiger partial charge < -0.3 is 101 Å². The Bertz CT molecular complexity index is 1740. The van der Waals surface area contributed by atoms with Crippen LogP contribution in [0.5, 0.6) is 0 Å². The Balaban J connectivity index is 1.75. The fraction of sp³-hybridized carbons (Fsp3) is 0.778. The average molecular weight is 925 g/mol. The highest BCUT2D eigenvalue weighted by Crippen LogP contribution is 2.35. The number of rotatable bonds is 15. The molecule has 13 N–H and O–H groups in total. The number of amides is 6.